The molecular weight excluding hydrogens is 212 g/mol. The first kappa shape index (κ1) is 10.3. The molecule has 0 aliphatic carbocycles. The van der Waals surface area contributed by atoms with Crippen molar-refractivity contribution >= 4 is 21.4 Å². The van der Waals surface area contributed by atoms with E-state index in [4.69, 9.17) is 0 Å². The van der Waals surface area contributed by atoms with Crippen LogP contribution in [0.4, 0.5) is 11.4 Å². The number of sulfonamides is 1. The van der Waals surface area contributed by atoms with Crippen LogP contribution in [0.5, 0.6) is 0 Å². The molecule has 0 aromatic heterocycles. The maximum absolute atomic E-state index is 11.8. The van der Waals surface area contributed by atoms with Crippen molar-refractivity contribution in [3.05, 3.63) is 23.8 Å². The molecule has 1 aliphatic rings. The van der Waals surface area contributed by atoms with Crippen molar-refractivity contribution in [2.75, 3.05) is 17.1 Å². The normalized spacial score (nSPS) is 20.5. The molecule has 1 heterocycles. The number of nitrogens with one attached hydrogen (secondary N) is 2. The maximum atomic E-state index is 11.8. The third-order valence-electron chi connectivity index (χ3n) is 2.87. The van der Waals surface area contributed by atoms with Gasteiger partial charge in [-0.1, -0.05) is 6.07 Å². The van der Waals surface area contributed by atoms with E-state index in [0.717, 1.165) is 11.3 Å². The third kappa shape index (κ3) is 1.30. The second-order valence-corrected chi connectivity index (χ2v) is 6.36. The molecule has 1 aromatic carbocycles. The van der Waals surface area contributed by atoms with Crippen LogP contribution in [0.15, 0.2) is 18.2 Å². The van der Waals surface area contributed by atoms with Crippen molar-refractivity contribution in [1.82, 2.24) is 0 Å². The number of hydrogen-bond acceptors (Lipinski definition) is 3. The summed E-state index contributed by atoms with van der Waals surface area (Å²) < 4.78 is 25.3. The highest BCUT2D eigenvalue weighted by atomic mass is 32.2. The van der Waals surface area contributed by atoms with Gasteiger partial charge in [0.1, 0.15) is 4.75 Å². The number of rotatable bonds is 1. The fourth-order valence-corrected chi connectivity index (χ4v) is 2.91. The lowest BCUT2D eigenvalue weighted by Gasteiger charge is -2.16. The summed E-state index contributed by atoms with van der Waals surface area (Å²) in [5.74, 6) is 0. The van der Waals surface area contributed by atoms with Gasteiger partial charge in [-0.05, 0) is 31.5 Å². The zero-order chi connectivity index (χ0) is 11.3. The topological polar surface area (TPSA) is 58.2 Å². The second-order valence-electron chi connectivity index (χ2n) is 4.13. The lowest BCUT2D eigenvalue weighted by Crippen LogP contribution is -2.26. The minimum atomic E-state index is -3.29. The minimum Gasteiger partial charge on any atom is -0.388 e. The Kier molecular flexibility index (Phi) is 1.98. The van der Waals surface area contributed by atoms with E-state index in [9.17, 15) is 8.42 Å². The van der Waals surface area contributed by atoms with Crippen molar-refractivity contribution in [2.24, 2.45) is 0 Å². The Bertz CT molecular complexity index is 506. The molecule has 0 saturated carbocycles. The van der Waals surface area contributed by atoms with Crippen molar-refractivity contribution in [3.8, 4) is 0 Å². The first-order valence-corrected chi connectivity index (χ1v) is 6.21. The van der Waals surface area contributed by atoms with Crippen molar-refractivity contribution in [1.29, 1.82) is 0 Å². The summed E-state index contributed by atoms with van der Waals surface area (Å²) in [4.78, 5) is 0. The summed E-state index contributed by atoms with van der Waals surface area (Å²) in [5.41, 5.74) is 2.39. The summed E-state index contributed by atoms with van der Waals surface area (Å²) in [7, 11) is -1.48. The number of hydrogen-bond donors (Lipinski definition) is 2. The van der Waals surface area contributed by atoms with Gasteiger partial charge in [-0.3, -0.25) is 4.72 Å². The van der Waals surface area contributed by atoms with Gasteiger partial charge in [0.15, 0.2) is 0 Å². The average Bonchev–Trinajstić information content (AvgIpc) is 2.33. The van der Waals surface area contributed by atoms with Gasteiger partial charge in [-0.25, -0.2) is 8.42 Å². The molecule has 82 valence electrons. The molecule has 0 bridgehead atoms. The molecule has 0 unspecified atom stereocenters. The Morgan fingerprint density at radius 1 is 1.33 bits per heavy atom. The number of anilines is 2. The van der Waals surface area contributed by atoms with Crippen LogP contribution in [0.2, 0.25) is 0 Å². The van der Waals surface area contributed by atoms with Crippen LogP contribution in [0, 0.1) is 0 Å². The first-order valence-electron chi connectivity index (χ1n) is 4.73. The predicted molar refractivity (Wildman–Crippen MR) is 61.6 cm³/mol. The summed E-state index contributed by atoms with van der Waals surface area (Å²) in [6, 6.07) is 5.53. The Hall–Kier alpha value is -1.23. The van der Waals surface area contributed by atoms with Crippen LogP contribution in [-0.4, -0.2) is 15.5 Å². The molecule has 0 amide bonds. The quantitative estimate of drug-likeness (QED) is 0.766. The molecule has 2 rings (SSSR count). The highest BCUT2D eigenvalue weighted by Gasteiger charge is 2.43. The SMILES string of the molecule is CNc1ccc2c(c1)NS(=O)(=O)C2(C)C. The molecule has 5 heteroatoms. The molecule has 0 saturated heterocycles. The zero-order valence-electron chi connectivity index (χ0n) is 8.96. The Labute approximate surface area is 89.7 Å². The van der Waals surface area contributed by atoms with Crippen molar-refractivity contribution in [3.63, 3.8) is 0 Å². The van der Waals surface area contributed by atoms with E-state index in [0.29, 0.717) is 5.69 Å². The monoisotopic (exact) mass is 226 g/mol. The number of fused-ring (bicyclic) bond motifs is 1. The van der Waals surface area contributed by atoms with Gasteiger partial charge in [-0.2, -0.15) is 0 Å². The van der Waals surface area contributed by atoms with Gasteiger partial charge in [0, 0.05) is 12.7 Å². The van der Waals surface area contributed by atoms with Gasteiger partial charge in [0.05, 0.1) is 5.69 Å². The zero-order valence-corrected chi connectivity index (χ0v) is 9.77. The van der Waals surface area contributed by atoms with Gasteiger partial charge in [0.25, 0.3) is 0 Å². The van der Waals surface area contributed by atoms with E-state index < -0.39 is 14.8 Å². The maximum Gasteiger partial charge on any atom is 0.242 e. The van der Waals surface area contributed by atoms with Gasteiger partial charge >= 0.3 is 0 Å². The van der Waals surface area contributed by atoms with Crippen LogP contribution < -0.4 is 10.0 Å². The van der Waals surface area contributed by atoms with Crippen LogP contribution in [-0.2, 0) is 14.8 Å². The van der Waals surface area contributed by atoms with Gasteiger partial charge in [-0.15, -0.1) is 0 Å². The van der Waals surface area contributed by atoms with E-state index in [2.05, 4.69) is 10.0 Å². The molecular formula is C10H14N2O2S. The molecule has 0 radical (unpaired) electrons. The lowest BCUT2D eigenvalue weighted by molar-refractivity contribution is 0.567. The van der Waals surface area contributed by atoms with E-state index >= 15 is 0 Å². The van der Waals surface area contributed by atoms with Crippen molar-refractivity contribution < 1.29 is 8.42 Å². The summed E-state index contributed by atoms with van der Waals surface area (Å²) in [6.45, 7) is 3.42. The fraction of sp³-hybridized carbons (Fsp3) is 0.400. The summed E-state index contributed by atoms with van der Waals surface area (Å²) in [5, 5.41) is 2.98. The molecule has 4 nitrogen and oxygen atoms in total. The van der Waals surface area contributed by atoms with Gasteiger partial charge < -0.3 is 5.32 Å². The minimum absolute atomic E-state index is 0.673. The predicted octanol–water partition coefficient (Wildman–Crippen LogP) is 1.72. The van der Waals surface area contributed by atoms with Crippen LogP contribution in [0.3, 0.4) is 0 Å². The largest absolute Gasteiger partial charge is 0.388 e. The Morgan fingerprint density at radius 3 is 2.60 bits per heavy atom. The summed E-state index contributed by atoms with van der Waals surface area (Å²) >= 11 is 0. The molecule has 1 aliphatic heterocycles. The van der Waals surface area contributed by atoms with Crippen LogP contribution in [0.25, 0.3) is 0 Å². The molecule has 0 fully saturated rings. The van der Waals surface area contributed by atoms with Crippen LogP contribution in [0.1, 0.15) is 19.4 Å². The highest BCUT2D eigenvalue weighted by molar-refractivity contribution is 7.94. The smallest absolute Gasteiger partial charge is 0.242 e. The van der Waals surface area contributed by atoms with E-state index in [1.165, 1.54) is 0 Å². The molecule has 0 spiro atoms. The standard InChI is InChI=1S/C10H14N2O2S/c1-10(2)8-5-4-7(11-3)6-9(8)12-15(10,13)14/h4-6,11-12H,1-3H3. The Balaban J connectivity index is 2.64. The van der Waals surface area contributed by atoms with E-state index in [1.807, 2.05) is 18.2 Å². The van der Waals surface area contributed by atoms with Crippen LogP contribution >= 0.6 is 0 Å². The highest BCUT2D eigenvalue weighted by Crippen LogP contribution is 2.42. The fourth-order valence-electron chi connectivity index (χ4n) is 1.73. The Morgan fingerprint density at radius 2 is 2.00 bits per heavy atom. The second kappa shape index (κ2) is 2.88. The van der Waals surface area contributed by atoms with Crippen molar-refractivity contribution in [2.45, 2.75) is 18.6 Å². The molecule has 1 aromatic rings. The summed E-state index contributed by atoms with van der Waals surface area (Å²) in [6.07, 6.45) is 0. The molecule has 0 atom stereocenters. The molecule has 15 heavy (non-hydrogen) atoms. The first-order chi connectivity index (χ1) is 6.88. The lowest BCUT2D eigenvalue weighted by atomic mass is 10.0. The number of benzene rings is 1. The van der Waals surface area contributed by atoms with E-state index in [-0.39, 0.29) is 0 Å². The van der Waals surface area contributed by atoms with E-state index in [1.54, 1.807) is 20.9 Å². The molecule has 2 N–H and O–H groups in total. The average molecular weight is 226 g/mol. The van der Waals surface area contributed by atoms with Gasteiger partial charge in [0.2, 0.25) is 10.0 Å². The third-order valence-corrected chi connectivity index (χ3v) is 4.93.